The molecule has 0 saturated carbocycles. The van der Waals surface area contributed by atoms with Crippen LogP contribution in [0.2, 0.25) is 0 Å². The van der Waals surface area contributed by atoms with Crippen molar-refractivity contribution in [3.05, 3.63) is 65.2 Å². The normalized spacial score (nSPS) is 16.1. The van der Waals surface area contributed by atoms with Gasteiger partial charge >= 0.3 is 0 Å². The molecular weight excluding hydrogens is 264 g/mol. The van der Waals surface area contributed by atoms with Crippen molar-refractivity contribution >= 4 is 0 Å². The highest BCUT2D eigenvalue weighted by atomic mass is 16.5. The highest BCUT2D eigenvalue weighted by Gasteiger charge is 2.28. The zero-order valence-electron chi connectivity index (χ0n) is 12.1. The summed E-state index contributed by atoms with van der Waals surface area (Å²) in [5.74, 6) is 6.77. The SMILES string of the molecule is COC(c1ccccc1)C(NN)c1cccc2c1OCC2. The van der Waals surface area contributed by atoms with E-state index in [-0.39, 0.29) is 12.1 Å². The Labute approximate surface area is 124 Å². The van der Waals surface area contributed by atoms with Crippen molar-refractivity contribution in [3.63, 3.8) is 0 Å². The van der Waals surface area contributed by atoms with Crippen LogP contribution in [0.1, 0.15) is 28.8 Å². The Kier molecular flexibility index (Phi) is 4.20. The maximum Gasteiger partial charge on any atom is 0.127 e. The van der Waals surface area contributed by atoms with Crippen molar-refractivity contribution in [2.24, 2.45) is 5.84 Å². The van der Waals surface area contributed by atoms with Crippen LogP contribution >= 0.6 is 0 Å². The minimum Gasteiger partial charge on any atom is -0.493 e. The second-order valence-electron chi connectivity index (χ2n) is 5.15. The van der Waals surface area contributed by atoms with Crippen molar-refractivity contribution in [2.45, 2.75) is 18.6 Å². The van der Waals surface area contributed by atoms with E-state index >= 15 is 0 Å². The van der Waals surface area contributed by atoms with Gasteiger partial charge in [-0.05, 0) is 11.1 Å². The lowest BCUT2D eigenvalue weighted by molar-refractivity contribution is 0.0667. The summed E-state index contributed by atoms with van der Waals surface area (Å²) in [5, 5.41) is 0. The Morgan fingerprint density at radius 3 is 2.67 bits per heavy atom. The van der Waals surface area contributed by atoms with E-state index in [0.717, 1.165) is 29.9 Å². The van der Waals surface area contributed by atoms with Gasteiger partial charge in [0.2, 0.25) is 0 Å². The van der Waals surface area contributed by atoms with Crippen molar-refractivity contribution in [3.8, 4) is 5.75 Å². The van der Waals surface area contributed by atoms with Crippen molar-refractivity contribution in [1.82, 2.24) is 5.43 Å². The molecule has 110 valence electrons. The number of hydrazine groups is 1. The predicted octanol–water partition coefficient (Wildman–Crippen LogP) is 2.51. The maximum absolute atomic E-state index is 5.83. The van der Waals surface area contributed by atoms with Crippen LogP contribution < -0.4 is 16.0 Å². The summed E-state index contributed by atoms with van der Waals surface area (Å²) in [6, 6.07) is 16.1. The number of benzene rings is 2. The molecule has 4 heteroatoms. The molecule has 0 radical (unpaired) electrons. The van der Waals surface area contributed by atoms with Gasteiger partial charge in [0, 0.05) is 19.1 Å². The van der Waals surface area contributed by atoms with E-state index in [1.54, 1.807) is 7.11 Å². The second-order valence-corrected chi connectivity index (χ2v) is 5.15. The maximum atomic E-state index is 5.83. The van der Waals surface area contributed by atoms with Crippen LogP contribution in [0.5, 0.6) is 5.75 Å². The molecule has 21 heavy (non-hydrogen) atoms. The highest BCUT2D eigenvalue weighted by molar-refractivity contribution is 5.46. The standard InChI is InChI=1S/C17H20N2O2/c1-20-17(12-6-3-2-4-7-12)15(19-18)14-9-5-8-13-10-11-21-16(13)14/h2-9,15,17,19H,10-11,18H2,1H3. The van der Waals surface area contributed by atoms with E-state index in [1.807, 2.05) is 42.5 Å². The molecule has 3 N–H and O–H groups in total. The fourth-order valence-electron chi connectivity index (χ4n) is 2.93. The minimum absolute atomic E-state index is 0.162. The van der Waals surface area contributed by atoms with Crippen molar-refractivity contribution in [1.29, 1.82) is 0 Å². The Morgan fingerprint density at radius 2 is 1.95 bits per heavy atom. The summed E-state index contributed by atoms with van der Waals surface area (Å²) in [4.78, 5) is 0. The van der Waals surface area contributed by atoms with Gasteiger partial charge < -0.3 is 9.47 Å². The molecule has 0 amide bonds. The summed E-state index contributed by atoms with van der Waals surface area (Å²) >= 11 is 0. The van der Waals surface area contributed by atoms with Crippen molar-refractivity contribution in [2.75, 3.05) is 13.7 Å². The number of hydrogen-bond acceptors (Lipinski definition) is 4. The van der Waals surface area contributed by atoms with E-state index in [1.165, 1.54) is 5.56 Å². The average Bonchev–Trinajstić information content (AvgIpc) is 3.02. The van der Waals surface area contributed by atoms with Crippen LogP contribution in [0.3, 0.4) is 0 Å². The molecule has 2 unspecified atom stereocenters. The van der Waals surface area contributed by atoms with E-state index in [4.69, 9.17) is 15.3 Å². The first-order valence-corrected chi connectivity index (χ1v) is 7.13. The van der Waals surface area contributed by atoms with Gasteiger partial charge in [0.05, 0.1) is 12.6 Å². The zero-order chi connectivity index (χ0) is 14.7. The molecule has 4 nitrogen and oxygen atoms in total. The zero-order valence-corrected chi connectivity index (χ0v) is 12.1. The molecular formula is C17H20N2O2. The van der Waals surface area contributed by atoms with E-state index in [2.05, 4.69) is 11.5 Å². The molecule has 1 aliphatic rings. The van der Waals surface area contributed by atoms with Gasteiger partial charge in [-0.2, -0.15) is 0 Å². The third-order valence-corrected chi connectivity index (χ3v) is 3.94. The van der Waals surface area contributed by atoms with Gasteiger partial charge in [-0.25, -0.2) is 5.43 Å². The highest BCUT2D eigenvalue weighted by Crippen LogP contribution is 2.39. The Morgan fingerprint density at radius 1 is 1.14 bits per heavy atom. The van der Waals surface area contributed by atoms with Gasteiger partial charge in [-0.3, -0.25) is 5.84 Å². The Balaban J connectivity index is 2.00. The lowest BCUT2D eigenvalue weighted by Crippen LogP contribution is -2.33. The molecule has 2 aromatic carbocycles. The smallest absolute Gasteiger partial charge is 0.127 e. The Bertz CT molecular complexity index is 601. The molecule has 1 aliphatic heterocycles. The second kappa shape index (κ2) is 6.26. The summed E-state index contributed by atoms with van der Waals surface area (Å²) in [5.41, 5.74) is 6.25. The molecule has 0 saturated heterocycles. The molecule has 0 bridgehead atoms. The number of rotatable bonds is 5. The molecule has 0 spiro atoms. The third kappa shape index (κ3) is 2.65. The molecule has 2 atom stereocenters. The molecule has 1 heterocycles. The third-order valence-electron chi connectivity index (χ3n) is 3.94. The van der Waals surface area contributed by atoms with Crippen LogP contribution in [0, 0.1) is 0 Å². The van der Waals surface area contributed by atoms with Crippen LogP contribution in [-0.2, 0) is 11.2 Å². The van der Waals surface area contributed by atoms with Gasteiger partial charge in [-0.15, -0.1) is 0 Å². The number of hydrogen-bond donors (Lipinski definition) is 2. The molecule has 3 rings (SSSR count). The van der Waals surface area contributed by atoms with E-state index in [0.29, 0.717) is 0 Å². The molecule has 0 fully saturated rings. The largest absolute Gasteiger partial charge is 0.493 e. The first kappa shape index (κ1) is 14.1. The molecule has 0 aromatic heterocycles. The number of para-hydroxylation sites is 1. The number of nitrogens with one attached hydrogen (secondary N) is 1. The van der Waals surface area contributed by atoms with Gasteiger partial charge in [0.25, 0.3) is 0 Å². The average molecular weight is 284 g/mol. The summed E-state index contributed by atoms with van der Waals surface area (Å²) < 4.78 is 11.5. The van der Waals surface area contributed by atoms with E-state index < -0.39 is 0 Å². The number of methoxy groups -OCH3 is 1. The summed E-state index contributed by atoms with van der Waals surface area (Å²) in [6.45, 7) is 0.729. The minimum atomic E-state index is -0.174. The topological polar surface area (TPSA) is 56.5 Å². The predicted molar refractivity (Wildman–Crippen MR) is 81.9 cm³/mol. The van der Waals surface area contributed by atoms with Crippen LogP contribution in [0.25, 0.3) is 0 Å². The summed E-state index contributed by atoms with van der Waals surface area (Å²) in [7, 11) is 1.70. The molecule has 2 aromatic rings. The molecule has 0 aliphatic carbocycles. The lowest BCUT2D eigenvalue weighted by Gasteiger charge is -2.27. The quantitative estimate of drug-likeness (QED) is 0.654. The fourth-order valence-corrected chi connectivity index (χ4v) is 2.93. The summed E-state index contributed by atoms with van der Waals surface area (Å²) in [6.07, 6.45) is 0.774. The van der Waals surface area contributed by atoms with Crippen molar-refractivity contribution < 1.29 is 9.47 Å². The Hall–Kier alpha value is -1.88. The van der Waals surface area contributed by atoms with Crippen LogP contribution in [0.4, 0.5) is 0 Å². The van der Waals surface area contributed by atoms with E-state index in [9.17, 15) is 0 Å². The first-order chi connectivity index (χ1) is 10.3. The first-order valence-electron chi connectivity index (χ1n) is 7.13. The fraction of sp³-hybridized carbons (Fsp3) is 0.294. The monoisotopic (exact) mass is 284 g/mol. The van der Waals surface area contributed by atoms with Gasteiger partial charge in [0.15, 0.2) is 0 Å². The lowest BCUT2D eigenvalue weighted by atomic mass is 9.94. The number of fused-ring (bicyclic) bond motifs is 1. The number of ether oxygens (including phenoxy) is 2. The van der Waals surface area contributed by atoms with Gasteiger partial charge in [0.1, 0.15) is 11.9 Å². The van der Waals surface area contributed by atoms with Gasteiger partial charge in [-0.1, -0.05) is 48.5 Å². The number of nitrogens with two attached hydrogens (primary N) is 1. The van der Waals surface area contributed by atoms with Crippen LogP contribution in [-0.4, -0.2) is 13.7 Å². The van der Waals surface area contributed by atoms with Crippen LogP contribution in [0.15, 0.2) is 48.5 Å².